The van der Waals surface area contributed by atoms with E-state index in [-0.39, 0.29) is 6.61 Å². The fraction of sp³-hybridized carbons (Fsp3) is 0.500. The molecular formula is C16H24N2O2. The Balaban J connectivity index is 1.94. The Morgan fingerprint density at radius 2 is 2.30 bits per heavy atom. The summed E-state index contributed by atoms with van der Waals surface area (Å²) in [6, 6.07) is 8.44. The Bertz CT molecular complexity index is 432. The van der Waals surface area contributed by atoms with E-state index in [1.165, 1.54) is 0 Å². The van der Waals surface area contributed by atoms with Crippen molar-refractivity contribution in [2.45, 2.75) is 12.5 Å². The Labute approximate surface area is 121 Å². The van der Waals surface area contributed by atoms with Crippen LogP contribution in [0.3, 0.4) is 0 Å². The summed E-state index contributed by atoms with van der Waals surface area (Å²) in [6.45, 7) is 4.16. The molecular weight excluding hydrogens is 252 g/mol. The number of piperazine rings is 1. The Hall–Kier alpha value is -1.36. The molecule has 1 heterocycles. The van der Waals surface area contributed by atoms with Crippen molar-refractivity contribution >= 4 is 6.08 Å². The minimum absolute atomic E-state index is 0.249. The molecule has 0 amide bonds. The van der Waals surface area contributed by atoms with Gasteiger partial charge in [-0.15, -0.1) is 0 Å². The van der Waals surface area contributed by atoms with E-state index in [1.807, 2.05) is 18.2 Å². The molecule has 0 spiro atoms. The number of aliphatic hydroxyl groups excluding tert-OH is 1. The average molecular weight is 276 g/mol. The van der Waals surface area contributed by atoms with Crippen LogP contribution in [0.15, 0.2) is 30.3 Å². The molecule has 1 aliphatic rings. The maximum absolute atomic E-state index is 9.12. The second kappa shape index (κ2) is 8.04. The summed E-state index contributed by atoms with van der Waals surface area (Å²) in [6.07, 6.45) is 5.11. The van der Waals surface area contributed by atoms with E-state index >= 15 is 0 Å². The van der Waals surface area contributed by atoms with E-state index in [1.54, 1.807) is 7.11 Å². The van der Waals surface area contributed by atoms with Gasteiger partial charge in [0.05, 0.1) is 7.11 Å². The Kier molecular flexibility index (Phi) is 6.05. The minimum Gasteiger partial charge on any atom is -0.496 e. The van der Waals surface area contributed by atoms with E-state index in [2.05, 4.69) is 28.4 Å². The molecule has 0 radical (unpaired) electrons. The number of benzene rings is 1. The standard InChI is InChI=1S/C16H24N2O2/c1-20-16-7-3-2-5-14(16)6-4-10-18-11-9-17-13-15(18)8-12-19/h2-7,15,17,19H,8-13H2,1H3/b6-4+. The molecule has 0 saturated carbocycles. The van der Waals surface area contributed by atoms with E-state index < -0.39 is 0 Å². The van der Waals surface area contributed by atoms with Gasteiger partial charge >= 0.3 is 0 Å². The van der Waals surface area contributed by atoms with Crippen molar-refractivity contribution in [1.82, 2.24) is 10.2 Å². The topological polar surface area (TPSA) is 44.7 Å². The third kappa shape index (κ3) is 4.07. The van der Waals surface area contributed by atoms with Crippen LogP contribution in [0.2, 0.25) is 0 Å². The second-order valence-electron chi connectivity index (χ2n) is 5.01. The average Bonchev–Trinajstić information content (AvgIpc) is 2.50. The molecule has 1 atom stereocenters. The van der Waals surface area contributed by atoms with Gasteiger partial charge in [-0.05, 0) is 12.5 Å². The maximum atomic E-state index is 9.12. The normalized spacial score (nSPS) is 20.4. The summed E-state index contributed by atoms with van der Waals surface area (Å²) in [5.74, 6) is 0.899. The summed E-state index contributed by atoms with van der Waals surface area (Å²) >= 11 is 0. The number of hydrogen-bond donors (Lipinski definition) is 2. The first-order chi connectivity index (χ1) is 9.85. The lowest BCUT2D eigenvalue weighted by atomic mass is 10.1. The van der Waals surface area contributed by atoms with Crippen LogP contribution in [0.5, 0.6) is 5.75 Å². The molecule has 0 aromatic heterocycles. The van der Waals surface area contributed by atoms with Crippen molar-refractivity contribution in [3.63, 3.8) is 0 Å². The molecule has 0 bridgehead atoms. The van der Waals surface area contributed by atoms with Crippen LogP contribution in [-0.4, -0.2) is 55.9 Å². The highest BCUT2D eigenvalue weighted by atomic mass is 16.5. The SMILES string of the molecule is COc1ccccc1/C=C/CN1CCNCC1CCO. The van der Waals surface area contributed by atoms with Gasteiger partial charge in [-0.1, -0.05) is 30.4 Å². The van der Waals surface area contributed by atoms with Gasteiger partial charge in [0, 0.05) is 44.4 Å². The zero-order valence-corrected chi connectivity index (χ0v) is 12.1. The van der Waals surface area contributed by atoms with E-state index in [0.717, 1.165) is 43.9 Å². The monoisotopic (exact) mass is 276 g/mol. The third-order valence-electron chi connectivity index (χ3n) is 3.71. The highest BCUT2D eigenvalue weighted by Gasteiger charge is 2.20. The largest absolute Gasteiger partial charge is 0.496 e. The van der Waals surface area contributed by atoms with Crippen molar-refractivity contribution in [3.05, 3.63) is 35.9 Å². The number of rotatable bonds is 6. The van der Waals surface area contributed by atoms with Crippen LogP contribution in [0.1, 0.15) is 12.0 Å². The van der Waals surface area contributed by atoms with Gasteiger partial charge in [0.2, 0.25) is 0 Å². The summed E-state index contributed by atoms with van der Waals surface area (Å²) in [4.78, 5) is 2.42. The zero-order chi connectivity index (χ0) is 14.2. The van der Waals surface area contributed by atoms with Crippen LogP contribution < -0.4 is 10.1 Å². The fourth-order valence-corrected chi connectivity index (χ4v) is 2.60. The first-order valence-electron chi connectivity index (χ1n) is 7.20. The number of ether oxygens (including phenoxy) is 1. The lowest BCUT2D eigenvalue weighted by molar-refractivity contribution is 0.143. The van der Waals surface area contributed by atoms with Gasteiger partial charge in [-0.3, -0.25) is 4.90 Å². The quantitative estimate of drug-likeness (QED) is 0.823. The van der Waals surface area contributed by atoms with Crippen molar-refractivity contribution in [2.24, 2.45) is 0 Å². The van der Waals surface area contributed by atoms with Crippen LogP contribution in [0, 0.1) is 0 Å². The highest BCUT2D eigenvalue weighted by molar-refractivity contribution is 5.57. The smallest absolute Gasteiger partial charge is 0.126 e. The molecule has 1 unspecified atom stereocenters. The molecule has 4 heteroatoms. The van der Waals surface area contributed by atoms with Crippen molar-refractivity contribution in [3.8, 4) is 5.75 Å². The van der Waals surface area contributed by atoms with Crippen LogP contribution in [-0.2, 0) is 0 Å². The molecule has 1 saturated heterocycles. The second-order valence-corrected chi connectivity index (χ2v) is 5.01. The fourth-order valence-electron chi connectivity index (χ4n) is 2.60. The van der Waals surface area contributed by atoms with Crippen molar-refractivity contribution in [1.29, 1.82) is 0 Å². The minimum atomic E-state index is 0.249. The number of nitrogens with one attached hydrogen (secondary N) is 1. The Morgan fingerprint density at radius 3 is 3.10 bits per heavy atom. The number of aliphatic hydroxyl groups is 1. The lowest BCUT2D eigenvalue weighted by Gasteiger charge is -2.35. The van der Waals surface area contributed by atoms with Gasteiger partial charge in [0.1, 0.15) is 5.75 Å². The van der Waals surface area contributed by atoms with Crippen LogP contribution in [0.4, 0.5) is 0 Å². The molecule has 1 aromatic rings. The van der Waals surface area contributed by atoms with Gasteiger partial charge in [0.25, 0.3) is 0 Å². The predicted molar refractivity (Wildman–Crippen MR) is 82.0 cm³/mol. The molecule has 4 nitrogen and oxygen atoms in total. The number of para-hydroxylation sites is 1. The van der Waals surface area contributed by atoms with Gasteiger partial charge in [-0.25, -0.2) is 0 Å². The van der Waals surface area contributed by atoms with Crippen LogP contribution in [0.25, 0.3) is 6.08 Å². The van der Waals surface area contributed by atoms with Gasteiger partial charge in [0.15, 0.2) is 0 Å². The molecule has 2 N–H and O–H groups in total. The number of methoxy groups -OCH3 is 1. The first-order valence-corrected chi connectivity index (χ1v) is 7.20. The highest BCUT2D eigenvalue weighted by Crippen LogP contribution is 2.18. The summed E-state index contributed by atoms with van der Waals surface area (Å²) in [5, 5.41) is 12.5. The van der Waals surface area contributed by atoms with E-state index in [9.17, 15) is 0 Å². The number of hydrogen-bond acceptors (Lipinski definition) is 4. The van der Waals surface area contributed by atoms with Crippen LogP contribution >= 0.6 is 0 Å². The summed E-state index contributed by atoms with van der Waals surface area (Å²) in [7, 11) is 1.69. The first kappa shape index (κ1) is 15.0. The van der Waals surface area contributed by atoms with Gasteiger partial charge in [-0.2, -0.15) is 0 Å². The zero-order valence-electron chi connectivity index (χ0n) is 12.1. The lowest BCUT2D eigenvalue weighted by Crippen LogP contribution is -2.51. The van der Waals surface area contributed by atoms with Crippen molar-refractivity contribution < 1.29 is 9.84 Å². The molecule has 2 rings (SSSR count). The van der Waals surface area contributed by atoms with E-state index in [0.29, 0.717) is 6.04 Å². The summed E-state index contributed by atoms with van der Waals surface area (Å²) in [5.41, 5.74) is 1.10. The molecule has 1 aromatic carbocycles. The molecule has 1 aliphatic heterocycles. The Morgan fingerprint density at radius 1 is 1.45 bits per heavy atom. The van der Waals surface area contributed by atoms with Gasteiger partial charge < -0.3 is 15.2 Å². The van der Waals surface area contributed by atoms with E-state index in [4.69, 9.17) is 9.84 Å². The summed E-state index contributed by atoms with van der Waals surface area (Å²) < 4.78 is 5.34. The molecule has 0 aliphatic carbocycles. The molecule has 1 fully saturated rings. The maximum Gasteiger partial charge on any atom is 0.126 e. The molecule has 110 valence electrons. The number of nitrogens with zero attached hydrogens (tertiary/aromatic N) is 1. The van der Waals surface area contributed by atoms with Crippen molar-refractivity contribution in [2.75, 3.05) is 39.9 Å². The molecule has 20 heavy (non-hydrogen) atoms. The predicted octanol–water partition coefficient (Wildman–Crippen LogP) is 1.36. The third-order valence-corrected chi connectivity index (χ3v) is 3.71.